The molecule has 0 aliphatic carbocycles. The minimum absolute atomic E-state index is 0.548. The van der Waals surface area contributed by atoms with Crippen molar-refractivity contribution in [2.24, 2.45) is 0 Å². The zero-order valence-electron chi connectivity index (χ0n) is 13.2. The van der Waals surface area contributed by atoms with Gasteiger partial charge in [0, 0.05) is 0 Å². The molecule has 3 N–H and O–H groups in total. The molecular formula is C19H13Cl2NO4. The van der Waals surface area contributed by atoms with Crippen LogP contribution in [0.4, 0.5) is 16.2 Å². The molecule has 4 rings (SSSR count). The van der Waals surface area contributed by atoms with Crippen LogP contribution >= 0.6 is 23.2 Å². The van der Waals surface area contributed by atoms with Crippen molar-refractivity contribution in [3.05, 3.63) is 70.7 Å². The Kier molecular flexibility index (Phi) is 5.21. The number of rotatable bonds is 1. The molecule has 0 saturated heterocycles. The van der Waals surface area contributed by atoms with Crippen LogP contribution in [0.3, 0.4) is 0 Å². The van der Waals surface area contributed by atoms with Crippen molar-refractivity contribution < 1.29 is 19.7 Å². The van der Waals surface area contributed by atoms with E-state index in [1.807, 2.05) is 54.6 Å². The number of benzene rings is 3. The van der Waals surface area contributed by atoms with Crippen molar-refractivity contribution in [3.63, 3.8) is 0 Å². The van der Waals surface area contributed by atoms with Crippen LogP contribution in [0.1, 0.15) is 0 Å². The van der Waals surface area contributed by atoms with E-state index in [4.69, 9.17) is 42.9 Å². The van der Waals surface area contributed by atoms with Gasteiger partial charge in [0.15, 0.2) is 11.5 Å². The average molecular weight is 390 g/mol. The van der Waals surface area contributed by atoms with Gasteiger partial charge in [-0.1, -0.05) is 47.5 Å². The zero-order chi connectivity index (χ0) is 18.7. The third kappa shape index (κ3) is 4.02. The molecule has 1 aliphatic rings. The Hall–Kier alpha value is -2.89. The lowest BCUT2D eigenvalue weighted by Gasteiger charge is -2.22. The number of halogens is 2. The smallest absolute Gasteiger partial charge is 0.453 e. The summed E-state index contributed by atoms with van der Waals surface area (Å²) in [6.45, 7) is 0. The van der Waals surface area contributed by atoms with Gasteiger partial charge >= 0.3 is 6.16 Å². The fourth-order valence-electron chi connectivity index (χ4n) is 2.49. The Bertz CT molecular complexity index is 972. The second-order valence-corrected chi connectivity index (χ2v) is 6.16. The molecular weight excluding hydrogens is 377 g/mol. The Morgan fingerprint density at radius 2 is 1.42 bits per heavy atom. The summed E-state index contributed by atoms with van der Waals surface area (Å²) >= 11 is 12.1. The Labute approximate surface area is 159 Å². The fourth-order valence-corrected chi connectivity index (χ4v) is 2.79. The highest BCUT2D eigenvalue weighted by molar-refractivity contribution is 6.42. The highest BCUT2D eigenvalue weighted by atomic mass is 35.5. The number of hydrogen-bond donors (Lipinski definition) is 3. The molecule has 0 saturated carbocycles. The van der Waals surface area contributed by atoms with Crippen molar-refractivity contribution in [1.82, 2.24) is 0 Å². The van der Waals surface area contributed by atoms with Crippen LogP contribution in [0.15, 0.2) is 60.7 Å². The maximum atomic E-state index is 8.56. The van der Waals surface area contributed by atoms with Crippen LogP contribution in [-0.2, 0) is 0 Å². The lowest BCUT2D eigenvalue weighted by Crippen LogP contribution is -2.02. The quantitative estimate of drug-likeness (QED) is 0.336. The van der Waals surface area contributed by atoms with Crippen LogP contribution in [0.5, 0.6) is 11.5 Å². The molecule has 0 aromatic heterocycles. The van der Waals surface area contributed by atoms with Gasteiger partial charge < -0.3 is 20.3 Å². The summed E-state index contributed by atoms with van der Waals surface area (Å²) in [4.78, 5) is 8.56. The van der Waals surface area contributed by atoms with Gasteiger partial charge in [0.25, 0.3) is 0 Å². The molecule has 3 aromatic rings. The predicted molar refractivity (Wildman–Crippen MR) is 102 cm³/mol. The molecule has 3 aromatic carbocycles. The van der Waals surface area contributed by atoms with E-state index in [9.17, 15) is 0 Å². The summed E-state index contributed by atoms with van der Waals surface area (Å²) in [5.41, 5.74) is 3.95. The number of hydrogen-bond acceptors (Lipinski definition) is 3. The molecule has 0 radical (unpaired) electrons. The van der Waals surface area contributed by atoms with Gasteiger partial charge in [-0.25, -0.2) is 4.79 Å². The van der Waals surface area contributed by atoms with Crippen LogP contribution in [0, 0.1) is 0 Å². The average Bonchev–Trinajstić information content (AvgIpc) is 2.61. The standard InChI is InChI=1S/C18H11Cl2NO.CH2O3/c19-13-7-5-11(9-14(13)20)12-6-8-18-16(10-12)21-15-3-1-2-4-17(15)22-18;2-1(3)4/h1-10,21H;(H2,2,3,4). The largest absolute Gasteiger partial charge is 0.503 e. The lowest BCUT2D eigenvalue weighted by molar-refractivity contribution is 0.137. The minimum Gasteiger partial charge on any atom is -0.453 e. The van der Waals surface area contributed by atoms with Gasteiger partial charge in [0.05, 0.1) is 21.4 Å². The third-order valence-electron chi connectivity index (χ3n) is 3.61. The molecule has 0 bridgehead atoms. The van der Waals surface area contributed by atoms with Gasteiger partial charge in [0.2, 0.25) is 0 Å². The molecule has 132 valence electrons. The molecule has 0 spiro atoms. The molecule has 1 aliphatic heterocycles. The van der Waals surface area contributed by atoms with E-state index in [1.54, 1.807) is 6.07 Å². The van der Waals surface area contributed by atoms with Crippen LogP contribution in [0.2, 0.25) is 10.0 Å². The van der Waals surface area contributed by atoms with E-state index in [-0.39, 0.29) is 0 Å². The van der Waals surface area contributed by atoms with Crippen molar-refractivity contribution >= 4 is 40.7 Å². The van der Waals surface area contributed by atoms with E-state index in [0.717, 1.165) is 34.0 Å². The maximum Gasteiger partial charge on any atom is 0.503 e. The maximum absolute atomic E-state index is 8.56. The first kappa shape index (κ1) is 17.9. The van der Waals surface area contributed by atoms with E-state index in [0.29, 0.717) is 10.0 Å². The van der Waals surface area contributed by atoms with Crippen LogP contribution in [0.25, 0.3) is 11.1 Å². The first-order valence-corrected chi connectivity index (χ1v) is 8.25. The summed E-state index contributed by atoms with van der Waals surface area (Å²) in [6.07, 6.45) is -1.83. The number of anilines is 2. The number of nitrogens with one attached hydrogen (secondary N) is 1. The second-order valence-electron chi connectivity index (χ2n) is 5.35. The highest BCUT2D eigenvalue weighted by Gasteiger charge is 2.16. The fraction of sp³-hybridized carbons (Fsp3) is 0. The molecule has 0 atom stereocenters. The molecule has 0 unspecified atom stereocenters. The number of fused-ring (bicyclic) bond motifs is 2. The summed E-state index contributed by atoms with van der Waals surface area (Å²) in [5.74, 6) is 1.64. The van der Waals surface area contributed by atoms with Crippen molar-refractivity contribution in [2.75, 3.05) is 5.32 Å². The third-order valence-corrected chi connectivity index (χ3v) is 4.35. The molecule has 5 nitrogen and oxygen atoms in total. The second kappa shape index (κ2) is 7.56. The molecule has 7 heteroatoms. The first-order chi connectivity index (χ1) is 12.4. The minimum atomic E-state index is -1.83. The molecule has 1 heterocycles. The lowest BCUT2D eigenvalue weighted by atomic mass is 10.0. The number of carboxylic acid groups (broad SMARTS) is 2. The van der Waals surface area contributed by atoms with Crippen LogP contribution < -0.4 is 10.1 Å². The highest BCUT2D eigenvalue weighted by Crippen LogP contribution is 2.43. The zero-order valence-corrected chi connectivity index (χ0v) is 14.8. The van der Waals surface area contributed by atoms with E-state index in [2.05, 4.69) is 5.32 Å². The summed E-state index contributed by atoms with van der Waals surface area (Å²) < 4.78 is 5.90. The topological polar surface area (TPSA) is 78.8 Å². The molecule has 0 fully saturated rings. The number of ether oxygens (including phenoxy) is 1. The summed E-state index contributed by atoms with van der Waals surface area (Å²) in [6, 6.07) is 19.5. The molecule has 0 amide bonds. The van der Waals surface area contributed by atoms with Crippen molar-refractivity contribution in [3.8, 4) is 22.6 Å². The van der Waals surface area contributed by atoms with Gasteiger partial charge in [-0.3, -0.25) is 0 Å². The number of carbonyl (C=O) groups is 1. The SMILES string of the molecule is Clc1ccc(-c2ccc3c(c2)Nc2ccccc2O3)cc1Cl.O=C(O)O. The predicted octanol–water partition coefficient (Wildman–Crippen LogP) is 6.73. The molecule has 26 heavy (non-hydrogen) atoms. The van der Waals surface area contributed by atoms with E-state index >= 15 is 0 Å². The first-order valence-electron chi connectivity index (χ1n) is 7.49. The normalized spacial score (nSPS) is 11.0. The number of para-hydroxylation sites is 2. The van der Waals surface area contributed by atoms with Crippen molar-refractivity contribution in [2.45, 2.75) is 0 Å². The summed E-state index contributed by atoms with van der Waals surface area (Å²) in [5, 5.41) is 18.4. The van der Waals surface area contributed by atoms with Gasteiger partial charge in [-0.2, -0.15) is 0 Å². The van der Waals surface area contributed by atoms with E-state index < -0.39 is 6.16 Å². The Balaban J connectivity index is 0.000000447. The van der Waals surface area contributed by atoms with Gasteiger partial charge in [-0.05, 0) is 47.5 Å². The Morgan fingerprint density at radius 1 is 0.808 bits per heavy atom. The van der Waals surface area contributed by atoms with Gasteiger partial charge in [-0.15, -0.1) is 0 Å². The summed E-state index contributed by atoms with van der Waals surface area (Å²) in [7, 11) is 0. The van der Waals surface area contributed by atoms with Crippen LogP contribution in [-0.4, -0.2) is 16.4 Å². The van der Waals surface area contributed by atoms with E-state index in [1.165, 1.54) is 0 Å². The van der Waals surface area contributed by atoms with Gasteiger partial charge in [0.1, 0.15) is 0 Å². The monoisotopic (exact) mass is 389 g/mol. The Morgan fingerprint density at radius 3 is 2.15 bits per heavy atom. The van der Waals surface area contributed by atoms with Crippen molar-refractivity contribution in [1.29, 1.82) is 0 Å².